The van der Waals surface area contributed by atoms with Crippen LogP contribution >= 0.6 is 0 Å². The summed E-state index contributed by atoms with van der Waals surface area (Å²) in [5.41, 5.74) is 2.49. The van der Waals surface area contributed by atoms with E-state index >= 15 is 0 Å². The van der Waals surface area contributed by atoms with E-state index in [4.69, 9.17) is 4.42 Å². The third-order valence-corrected chi connectivity index (χ3v) is 5.14. The van der Waals surface area contributed by atoms with Crippen LogP contribution in [-0.4, -0.2) is 15.3 Å². The van der Waals surface area contributed by atoms with E-state index in [2.05, 4.69) is 5.32 Å². The number of para-hydroxylation sites is 1. The van der Waals surface area contributed by atoms with Gasteiger partial charge in [0.1, 0.15) is 17.2 Å². The zero-order valence-electron chi connectivity index (χ0n) is 17.0. The minimum absolute atomic E-state index is 0.223. The molecule has 2 heterocycles. The first kappa shape index (κ1) is 19.5. The Hall–Kier alpha value is -3.80. The van der Waals surface area contributed by atoms with E-state index in [0.29, 0.717) is 17.8 Å². The lowest BCUT2D eigenvalue weighted by Crippen LogP contribution is -2.23. The summed E-state index contributed by atoms with van der Waals surface area (Å²) >= 11 is 0. The van der Waals surface area contributed by atoms with Gasteiger partial charge in [0.05, 0.1) is 11.4 Å². The molecule has 0 aliphatic heterocycles. The molecule has 0 aliphatic carbocycles. The van der Waals surface area contributed by atoms with E-state index in [1.165, 1.54) is 0 Å². The number of carbonyl (C=O) groups is 1. The molecule has 4 aromatic rings. The van der Waals surface area contributed by atoms with Crippen LogP contribution in [0.3, 0.4) is 0 Å². The fraction of sp³-hybridized carbons (Fsp3) is 0.167. The standard InChI is InChI=1S/C24H23N3O3/c1-17-23(24(29)27(26(17)2)19-11-7-4-8-12-19)25-22(28)16-14-20-13-15-21(30-20)18-9-5-3-6-10-18/h3-13,15H,14,16H2,1-2H3,(H,25,28). The quantitative estimate of drug-likeness (QED) is 0.523. The van der Waals surface area contributed by atoms with Crippen molar-refractivity contribution < 1.29 is 9.21 Å². The number of hydrogen-bond donors (Lipinski definition) is 1. The summed E-state index contributed by atoms with van der Waals surface area (Å²) in [5.74, 6) is 1.28. The van der Waals surface area contributed by atoms with Gasteiger partial charge in [-0.15, -0.1) is 0 Å². The van der Waals surface area contributed by atoms with Crippen molar-refractivity contribution in [3.8, 4) is 17.0 Å². The smallest absolute Gasteiger partial charge is 0.295 e. The van der Waals surface area contributed by atoms with E-state index in [1.807, 2.05) is 79.7 Å². The van der Waals surface area contributed by atoms with Gasteiger partial charge in [0.25, 0.3) is 5.56 Å². The summed E-state index contributed by atoms with van der Waals surface area (Å²) in [6.07, 6.45) is 0.679. The van der Waals surface area contributed by atoms with Gasteiger partial charge >= 0.3 is 0 Å². The summed E-state index contributed by atoms with van der Waals surface area (Å²) in [4.78, 5) is 25.4. The van der Waals surface area contributed by atoms with Crippen LogP contribution in [0.15, 0.2) is 82.0 Å². The Balaban J connectivity index is 1.45. The molecule has 0 unspecified atom stereocenters. The second-order valence-electron chi connectivity index (χ2n) is 7.12. The van der Waals surface area contributed by atoms with Crippen molar-refractivity contribution in [2.75, 3.05) is 5.32 Å². The van der Waals surface area contributed by atoms with E-state index in [9.17, 15) is 9.59 Å². The number of amides is 1. The van der Waals surface area contributed by atoms with Crippen molar-refractivity contribution >= 4 is 11.6 Å². The molecule has 1 N–H and O–H groups in total. The SMILES string of the molecule is Cc1c(NC(=O)CCc2ccc(-c3ccccc3)o2)c(=O)n(-c2ccccc2)n1C. The van der Waals surface area contributed by atoms with Crippen molar-refractivity contribution in [3.63, 3.8) is 0 Å². The molecule has 2 aromatic heterocycles. The van der Waals surface area contributed by atoms with E-state index in [1.54, 1.807) is 16.4 Å². The summed E-state index contributed by atoms with van der Waals surface area (Å²) in [6, 6.07) is 22.9. The number of aromatic nitrogens is 2. The lowest BCUT2D eigenvalue weighted by molar-refractivity contribution is -0.116. The van der Waals surface area contributed by atoms with Crippen molar-refractivity contribution in [1.29, 1.82) is 0 Å². The zero-order chi connectivity index (χ0) is 21.1. The van der Waals surface area contributed by atoms with Crippen LogP contribution in [0.1, 0.15) is 17.9 Å². The highest BCUT2D eigenvalue weighted by molar-refractivity contribution is 5.91. The van der Waals surface area contributed by atoms with Gasteiger partial charge in [-0.2, -0.15) is 0 Å². The second kappa shape index (κ2) is 8.29. The van der Waals surface area contributed by atoms with Gasteiger partial charge in [0.15, 0.2) is 0 Å². The number of anilines is 1. The Labute approximate surface area is 174 Å². The number of benzene rings is 2. The Morgan fingerprint density at radius 1 is 0.967 bits per heavy atom. The van der Waals surface area contributed by atoms with Gasteiger partial charge < -0.3 is 9.73 Å². The maximum Gasteiger partial charge on any atom is 0.295 e. The molecule has 4 rings (SSSR count). The predicted octanol–water partition coefficient (Wildman–Crippen LogP) is 4.32. The van der Waals surface area contributed by atoms with Crippen LogP contribution in [0.5, 0.6) is 0 Å². The van der Waals surface area contributed by atoms with Gasteiger partial charge in [-0.1, -0.05) is 48.5 Å². The van der Waals surface area contributed by atoms with Gasteiger partial charge in [-0.3, -0.25) is 14.3 Å². The van der Waals surface area contributed by atoms with Crippen LogP contribution in [0, 0.1) is 6.92 Å². The molecule has 6 heteroatoms. The maximum atomic E-state index is 12.9. The topological polar surface area (TPSA) is 69.2 Å². The molecule has 30 heavy (non-hydrogen) atoms. The molecule has 0 spiro atoms. The Morgan fingerprint density at radius 3 is 2.33 bits per heavy atom. The fourth-order valence-electron chi connectivity index (χ4n) is 3.42. The van der Waals surface area contributed by atoms with Crippen LogP contribution in [0.4, 0.5) is 5.69 Å². The number of rotatable bonds is 6. The third kappa shape index (κ3) is 3.85. The van der Waals surface area contributed by atoms with Crippen LogP contribution < -0.4 is 10.9 Å². The second-order valence-corrected chi connectivity index (χ2v) is 7.12. The van der Waals surface area contributed by atoms with E-state index in [0.717, 1.165) is 22.8 Å². The van der Waals surface area contributed by atoms with Crippen molar-refractivity contribution in [1.82, 2.24) is 9.36 Å². The van der Waals surface area contributed by atoms with Crippen LogP contribution in [0.2, 0.25) is 0 Å². The van der Waals surface area contributed by atoms with Crippen LogP contribution in [0.25, 0.3) is 17.0 Å². The number of aryl methyl sites for hydroxylation is 1. The van der Waals surface area contributed by atoms with Crippen molar-refractivity contribution in [2.24, 2.45) is 7.05 Å². The molecule has 0 aliphatic rings. The minimum Gasteiger partial charge on any atom is -0.461 e. The monoisotopic (exact) mass is 401 g/mol. The molecular weight excluding hydrogens is 378 g/mol. The molecule has 0 fully saturated rings. The first-order chi connectivity index (χ1) is 14.5. The summed E-state index contributed by atoms with van der Waals surface area (Å²) in [7, 11) is 1.80. The fourth-order valence-corrected chi connectivity index (χ4v) is 3.42. The van der Waals surface area contributed by atoms with Crippen molar-refractivity contribution in [3.05, 3.63) is 94.6 Å². The van der Waals surface area contributed by atoms with Gasteiger partial charge in [-0.25, -0.2) is 4.68 Å². The Morgan fingerprint density at radius 2 is 1.63 bits per heavy atom. The molecule has 152 valence electrons. The zero-order valence-corrected chi connectivity index (χ0v) is 17.0. The van der Waals surface area contributed by atoms with Crippen molar-refractivity contribution in [2.45, 2.75) is 19.8 Å². The average Bonchev–Trinajstić information content (AvgIpc) is 3.33. The number of carbonyl (C=O) groups excluding carboxylic acids is 1. The molecule has 6 nitrogen and oxygen atoms in total. The molecular formula is C24H23N3O3. The largest absolute Gasteiger partial charge is 0.461 e. The van der Waals surface area contributed by atoms with E-state index < -0.39 is 0 Å². The molecule has 2 aromatic carbocycles. The molecule has 0 saturated carbocycles. The first-order valence-electron chi connectivity index (χ1n) is 9.82. The Kier molecular flexibility index (Phi) is 5.39. The highest BCUT2D eigenvalue weighted by Crippen LogP contribution is 2.22. The molecule has 0 bridgehead atoms. The van der Waals surface area contributed by atoms with Gasteiger partial charge in [0, 0.05) is 25.5 Å². The normalized spacial score (nSPS) is 10.9. The van der Waals surface area contributed by atoms with Gasteiger partial charge in [-0.05, 0) is 31.2 Å². The Bertz CT molecular complexity index is 1220. The first-order valence-corrected chi connectivity index (χ1v) is 9.82. The number of furan rings is 1. The average molecular weight is 401 g/mol. The molecule has 1 amide bonds. The maximum absolute atomic E-state index is 12.9. The highest BCUT2D eigenvalue weighted by atomic mass is 16.3. The minimum atomic E-state index is -0.251. The number of nitrogens with one attached hydrogen (secondary N) is 1. The predicted molar refractivity (Wildman–Crippen MR) is 117 cm³/mol. The molecule has 0 saturated heterocycles. The summed E-state index contributed by atoms with van der Waals surface area (Å²) in [6.45, 7) is 1.81. The number of nitrogens with zero attached hydrogens (tertiary/aromatic N) is 2. The van der Waals surface area contributed by atoms with E-state index in [-0.39, 0.29) is 17.9 Å². The molecule has 0 radical (unpaired) electrons. The summed E-state index contributed by atoms with van der Waals surface area (Å²) < 4.78 is 9.14. The van der Waals surface area contributed by atoms with Gasteiger partial charge in [0.2, 0.25) is 5.91 Å². The lowest BCUT2D eigenvalue weighted by atomic mass is 10.2. The highest BCUT2D eigenvalue weighted by Gasteiger charge is 2.18. The summed E-state index contributed by atoms with van der Waals surface area (Å²) in [5, 5.41) is 2.78. The lowest BCUT2D eigenvalue weighted by Gasteiger charge is -2.07. The van der Waals surface area contributed by atoms with Crippen LogP contribution in [-0.2, 0) is 18.3 Å². The third-order valence-electron chi connectivity index (χ3n) is 5.14. The molecule has 0 atom stereocenters. The number of hydrogen-bond acceptors (Lipinski definition) is 3.